The van der Waals surface area contributed by atoms with E-state index in [1.54, 1.807) is 13.8 Å². The topological polar surface area (TPSA) is 88.4 Å². The largest absolute Gasteiger partial charge is 0.463 e. The molecule has 1 aliphatic heterocycles. The van der Waals surface area contributed by atoms with Crippen molar-refractivity contribution in [2.75, 3.05) is 13.2 Å². The molecule has 0 radical (unpaired) electrons. The minimum atomic E-state index is -0.390. The summed E-state index contributed by atoms with van der Waals surface area (Å²) in [6, 6.07) is 2.33. The number of dihydropyridines is 1. The SMILES string of the molecule is CCOC(=O)C1=C(C)NC(C)=C(C(=O)OCC)C1C1CCC(C#N)CC1. The predicted molar refractivity (Wildman–Crippen MR) is 96.4 cm³/mol. The number of nitrogens with zero attached hydrogens (tertiary/aromatic N) is 1. The lowest BCUT2D eigenvalue weighted by Gasteiger charge is -2.37. The highest BCUT2D eigenvalue weighted by Gasteiger charge is 2.42. The van der Waals surface area contributed by atoms with E-state index in [0.717, 1.165) is 37.1 Å². The molecule has 1 aliphatic carbocycles. The molecule has 0 saturated heterocycles. The van der Waals surface area contributed by atoms with E-state index in [4.69, 9.17) is 14.7 Å². The number of allylic oxidation sites excluding steroid dienone is 2. The van der Waals surface area contributed by atoms with E-state index in [-0.39, 0.29) is 42.9 Å². The fourth-order valence-corrected chi connectivity index (χ4v) is 4.06. The van der Waals surface area contributed by atoms with Crippen molar-refractivity contribution in [1.29, 1.82) is 5.26 Å². The Kier molecular flexibility index (Phi) is 6.84. The summed E-state index contributed by atoms with van der Waals surface area (Å²) in [5, 5.41) is 12.3. The van der Waals surface area contributed by atoms with Gasteiger partial charge in [0.05, 0.1) is 30.4 Å². The summed E-state index contributed by atoms with van der Waals surface area (Å²) >= 11 is 0. The van der Waals surface area contributed by atoms with Crippen LogP contribution in [0.5, 0.6) is 0 Å². The van der Waals surface area contributed by atoms with Gasteiger partial charge in [-0.1, -0.05) is 0 Å². The van der Waals surface area contributed by atoms with Gasteiger partial charge in [-0.15, -0.1) is 0 Å². The lowest BCUT2D eigenvalue weighted by Crippen LogP contribution is -2.38. The number of rotatable bonds is 5. The van der Waals surface area contributed by atoms with Gasteiger partial charge in [0.1, 0.15) is 0 Å². The van der Waals surface area contributed by atoms with Crippen molar-refractivity contribution >= 4 is 11.9 Å². The fourth-order valence-electron chi connectivity index (χ4n) is 4.06. The molecule has 0 amide bonds. The van der Waals surface area contributed by atoms with Gasteiger partial charge in [0.25, 0.3) is 0 Å². The summed E-state index contributed by atoms with van der Waals surface area (Å²) in [6.45, 7) is 7.77. The average molecular weight is 360 g/mol. The van der Waals surface area contributed by atoms with Crippen LogP contribution in [0.4, 0.5) is 0 Å². The molecule has 0 aromatic heterocycles. The Morgan fingerprint density at radius 2 is 1.46 bits per heavy atom. The number of carbonyl (C=O) groups is 2. The number of nitriles is 1. The number of esters is 2. The van der Waals surface area contributed by atoms with Crippen molar-refractivity contribution in [3.8, 4) is 6.07 Å². The molecule has 1 heterocycles. The molecule has 2 aliphatic rings. The summed E-state index contributed by atoms with van der Waals surface area (Å²) in [6.07, 6.45) is 3.18. The quantitative estimate of drug-likeness (QED) is 0.757. The van der Waals surface area contributed by atoms with E-state index in [1.165, 1.54) is 0 Å². The molecule has 2 rings (SSSR count). The van der Waals surface area contributed by atoms with E-state index >= 15 is 0 Å². The maximum Gasteiger partial charge on any atom is 0.336 e. The number of hydrogen-bond donors (Lipinski definition) is 1. The number of carbonyl (C=O) groups excluding carboxylic acids is 2. The molecule has 0 spiro atoms. The Bertz CT molecular complexity index is 624. The highest BCUT2D eigenvalue weighted by Crippen LogP contribution is 2.43. The average Bonchev–Trinajstić information content (AvgIpc) is 2.61. The molecule has 0 aromatic carbocycles. The van der Waals surface area contributed by atoms with Gasteiger partial charge in [0.15, 0.2) is 0 Å². The van der Waals surface area contributed by atoms with E-state index in [9.17, 15) is 9.59 Å². The molecular weight excluding hydrogens is 332 g/mol. The number of ether oxygens (including phenoxy) is 2. The van der Waals surface area contributed by atoms with Gasteiger partial charge in [0.2, 0.25) is 0 Å². The maximum atomic E-state index is 12.7. The second-order valence-electron chi connectivity index (χ2n) is 6.86. The number of hydrogen-bond acceptors (Lipinski definition) is 6. The van der Waals surface area contributed by atoms with Crippen LogP contribution in [0.15, 0.2) is 22.5 Å². The summed E-state index contributed by atoms with van der Waals surface area (Å²) < 4.78 is 10.5. The summed E-state index contributed by atoms with van der Waals surface area (Å²) in [5.74, 6) is -0.960. The predicted octanol–water partition coefficient (Wildman–Crippen LogP) is 3.21. The lowest BCUT2D eigenvalue weighted by atomic mass is 9.69. The third-order valence-electron chi connectivity index (χ3n) is 5.22. The van der Waals surface area contributed by atoms with Gasteiger partial charge in [0, 0.05) is 23.2 Å². The standard InChI is InChI=1S/C20H28N2O4/c1-5-25-19(23)16-12(3)22-13(4)17(20(24)26-6-2)18(16)15-9-7-14(11-21)8-10-15/h14-15,18,22H,5-10H2,1-4H3. The van der Waals surface area contributed by atoms with Gasteiger partial charge in [-0.3, -0.25) is 0 Å². The third-order valence-corrected chi connectivity index (χ3v) is 5.22. The Balaban J connectivity index is 2.43. The van der Waals surface area contributed by atoms with E-state index in [1.807, 2.05) is 13.8 Å². The highest BCUT2D eigenvalue weighted by molar-refractivity contribution is 5.97. The first-order valence-corrected chi connectivity index (χ1v) is 9.36. The Labute approximate surface area is 155 Å². The molecule has 1 saturated carbocycles. The molecule has 6 heteroatoms. The van der Waals surface area contributed by atoms with Crippen LogP contribution in [0, 0.1) is 29.1 Å². The van der Waals surface area contributed by atoms with Crippen LogP contribution in [0.1, 0.15) is 53.4 Å². The van der Waals surface area contributed by atoms with E-state index < -0.39 is 0 Å². The van der Waals surface area contributed by atoms with Crippen LogP contribution in [0.2, 0.25) is 0 Å². The third kappa shape index (κ3) is 4.09. The fraction of sp³-hybridized carbons (Fsp3) is 0.650. The molecule has 0 aromatic rings. The summed E-state index contributed by atoms with van der Waals surface area (Å²) in [5.41, 5.74) is 2.48. The second-order valence-corrected chi connectivity index (χ2v) is 6.86. The molecule has 26 heavy (non-hydrogen) atoms. The molecule has 0 bridgehead atoms. The van der Waals surface area contributed by atoms with Gasteiger partial charge >= 0.3 is 11.9 Å². The Hall–Kier alpha value is -2.29. The minimum Gasteiger partial charge on any atom is -0.463 e. The number of nitrogens with one attached hydrogen (secondary N) is 1. The summed E-state index contributed by atoms with van der Waals surface area (Å²) in [4.78, 5) is 25.3. The molecule has 1 fully saturated rings. The maximum absolute atomic E-state index is 12.7. The van der Waals surface area contributed by atoms with Crippen molar-refractivity contribution in [3.63, 3.8) is 0 Å². The van der Waals surface area contributed by atoms with E-state index in [0.29, 0.717) is 11.1 Å². The normalized spacial score (nSPS) is 24.0. The van der Waals surface area contributed by atoms with Gasteiger partial charge in [-0.2, -0.15) is 5.26 Å². The van der Waals surface area contributed by atoms with Crippen molar-refractivity contribution < 1.29 is 19.1 Å². The molecule has 0 atom stereocenters. The lowest BCUT2D eigenvalue weighted by molar-refractivity contribution is -0.140. The van der Waals surface area contributed by atoms with Crippen LogP contribution < -0.4 is 5.32 Å². The minimum absolute atomic E-state index is 0.0557. The molecule has 6 nitrogen and oxygen atoms in total. The molecule has 0 unspecified atom stereocenters. The zero-order chi connectivity index (χ0) is 19.3. The zero-order valence-electron chi connectivity index (χ0n) is 16.1. The van der Waals surface area contributed by atoms with Crippen LogP contribution in [0.25, 0.3) is 0 Å². The van der Waals surface area contributed by atoms with Crippen molar-refractivity contribution in [2.45, 2.75) is 53.4 Å². The Morgan fingerprint density at radius 3 is 1.85 bits per heavy atom. The monoisotopic (exact) mass is 360 g/mol. The Morgan fingerprint density at radius 1 is 1.00 bits per heavy atom. The molecule has 1 N–H and O–H groups in total. The van der Waals surface area contributed by atoms with Gasteiger partial charge in [-0.25, -0.2) is 9.59 Å². The second kappa shape index (κ2) is 8.88. The van der Waals surface area contributed by atoms with Crippen molar-refractivity contribution in [3.05, 3.63) is 22.5 Å². The highest BCUT2D eigenvalue weighted by atomic mass is 16.5. The smallest absolute Gasteiger partial charge is 0.336 e. The first kappa shape index (κ1) is 20.0. The van der Waals surface area contributed by atoms with Gasteiger partial charge in [-0.05, 0) is 59.3 Å². The molecular formula is C20H28N2O4. The first-order chi connectivity index (χ1) is 12.4. The van der Waals surface area contributed by atoms with Gasteiger partial charge < -0.3 is 14.8 Å². The van der Waals surface area contributed by atoms with Crippen molar-refractivity contribution in [1.82, 2.24) is 5.32 Å². The van der Waals surface area contributed by atoms with E-state index in [2.05, 4.69) is 11.4 Å². The first-order valence-electron chi connectivity index (χ1n) is 9.36. The van der Waals surface area contributed by atoms with Crippen LogP contribution in [0.3, 0.4) is 0 Å². The van der Waals surface area contributed by atoms with Crippen molar-refractivity contribution in [2.24, 2.45) is 17.8 Å². The van der Waals surface area contributed by atoms with Crippen LogP contribution in [-0.4, -0.2) is 25.2 Å². The molecule has 142 valence electrons. The summed E-state index contributed by atoms with van der Waals surface area (Å²) in [7, 11) is 0. The van der Waals surface area contributed by atoms with Crippen LogP contribution in [-0.2, 0) is 19.1 Å². The van der Waals surface area contributed by atoms with Crippen LogP contribution >= 0.6 is 0 Å². The zero-order valence-corrected chi connectivity index (χ0v) is 16.1.